The third kappa shape index (κ3) is 1.88. The summed E-state index contributed by atoms with van der Waals surface area (Å²) < 4.78 is 9.89. The van der Waals surface area contributed by atoms with E-state index in [1.54, 1.807) is 6.92 Å². The van der Waals surface area contributed by atoms with Gasteiger partial charge in [0, 0.05) is 13.3 Å². The van der Waals surface area contributed by atoms with Crippen molar-refractivity contribution in [2.45, 2.75) is 25.9 Å². The van der Waals surface area contributed by atoms with Gasteiger partial charge in [-0.1, -0.05) is 6.58 Å². The summed E-state index contributed by atoms with van der Waals surface area (Å²) in [7, 11) is 0. The zero-order valence-corrected chi connectivity index (χ0v) is 7.75. The Morgan fingerprint density at radius 2 is 2.31 bits per heavy atom. The minimum atomic E-state index is -1.03. The first-order valence-corrected chi connectivity index (χ1v) is 4.02. The lowest BCUT2D eigenvalue weighted by atomic mass is 10.1. The van der Waals surface area contributed by atoms with Gasteiger partial charge in [0.2, 0.25) is 5.60 Å². The van der Waals surface area contributed by atoms with Crippen molar-refractivity contribution in [3.63, 3.8) is 0 Å². The molecule has 0 aromatic rings. The van der Waals surface area contributed by atoms with Gasteiger partial charge in [-0.15, -0.1) is 0 Å². The summed E-state index contributed by atoms with van der Waals surface area (Å²) in [5, 5.41) is 0. The fourth-order valence-corrected chi connectivity index (χ4v) is 1.03. The maximum Gasteiger partial charge on any atom is 0.350 e. The third-order valence-electron chi connectivity index (χ3n) is 1.99. The van der Waals surface area contributed by atoms with Crippen LogP contribution in [-0.2, 0) is 19.1 Å². The number of carbonyl (C=O) groups is 2. The molecule has 0 spiro atoms. The molecule has 0 bridgehead atoms. The van der Waals surface area contributed by atoms with Crippen LogP contribution in [0, 0.1) is 0 Å². The molecule has 0 saturated carbocycles. The second-order valence-corrected chi connectivity index (χ2v) is 3.20. The summed E-state index contributed by atoms with van der Waals surface area (Å²) in [5.41, 5.74) is -1.03. The van der Waals surface area contributed by atoms with E-state index < -0.39 is 11.6 Å². The topological polar surface area (TPSA) is 52.6 Å². The summed E-state index contributed by atoms with van der Waals surface area (Å²) in [6.45, 7) is 6.68. The molecular formula is C9H12O4. The standard InChI is InChI=1S/C9H12O4/c1-6(10)7(2)13-9(3)4-5-12-8(9)11/h2,4-5H2,1,3H3. The van der Waals surface area contributed by atoms with E-state index in [1.165, 1.54) is 6.92 Å². The first-order valence-electron chi connectivity index (χ1n) is 4.02. The number of Topliss-reactive ketones (excluding diaryl/α,β-unsaturated/α-hetero) is 1. The molecule has 13 heavy (non-hydrogen) atoms. The Hall–Kier alpha value is -1.32. The molecule has 0 aromatic carbocycles. The fourth-order valence-electron chi connectivity index (χ4n) is 1.03. The maximum atomic E-state index is 11.2. The molecule has 0 amide bonds. The molecule has 72 valence electrons. The zero-order chi connectivity index (χ0) is 10.1. The first kappa shape index (κ1) is 9.77. The number of rotatable bonds is 3. The molecule has 1 saturated heterocycles. The van der Waals surface area contributed by atoms with Gasteiger partial charge < -0.3 is 9.47 Å². The predicted molar refractivity (Wildman–Crippen MR) is 44.9 cm³/mol. The number of allylic oxidation sites excluding steroid dienone is 1. The second-order valence-electron chi connectivity index (χ2n) is 3.20. The molecule has 1 aliphatic rings. The molecule has 1 heterocycles. The van der Waals surface area contributed by atoms with Crippen molar-refractivity contribution < 1.29 is 19.1 Å². The second kappa shape index (κ2) is 3.20. The maximum absolute atomic E-state index is 11.2. The lowest BCUT2D eigenvalue weighted by Crippen LogP contribution is -2.34. The SMILES string of the molecule is C=C(OC1(C)CCOC1=O)C(C)=O. The van der Waals surface area contributed by atoms with Gasteiger partial charge in [-0.3, -0.25) is 4.79 Å². The zero-order valence-electron chi connectivity index (χ0n) is 7.75. The van der Waals surface area contributed by atoms with Crippen molar-refractivity contribution in [1.82, 2.24) is 0 Å². The average molecular weight is 184 g/mol. The van der Waals surface area contributed by atoms with Crippen LogP contribution < -0.4 is 0 Å². The normalized spacial score (nSPS) is 26.8. The van der Waals surface area contributed by atoms with E-state index in [4.69, 9.17) is 9.47 Å². The third-order valence-corrected chi connectivity index (χ3v) is 1.99. The van der Waals surface area contributed by atoms with Gasteiger partial charge >= 0.3 is 5.97 Å². The van der Waals surface area contributed by atoms with E-state index in [0.717, 1.165) is 0 Å². The van der Waals surface area contributed by atoms with Crippen LogP contribution in [0.5, 0.6) is 0 Å². The van der Waals surface area contributed by atoms with Crippen LogP contribution in [-0.4, -0.2) is 24.0 Å². The molecule has 1 fully saturated rings. The number of carbonyl (C=O) groups excluding carboxylic acids is 2. The van der Waals surface area contributed by atoms with Crippen molar-refractivity contribution >= 4 is 11.8 Å². The number of hydrogen-bond acceptors (Lipinski definition) is 4. The van der Waals surface area contributed by atoms with Crippen molar-refractivity contribution in [3.05, 3.63) is 12.3 Å². The molecule has 4 heteroatoms. The average Bonchev–Trinajstić information content (AvgIpc) is 2.32. The Morgan fingerprint density at radius 3 is 2.69 bits per heavy atom. The van der Waals surface area contributed by atoms with E-state index in [1.807, 2.05) is 0 Å². The van der Waals surface area contributed by atoms with Crippen LogP contribution in [0.2, 0.25) is 0 Å². The Kier molecular flexibility index (Phi) is 2.40. The lowest BCUT2D eigenvalue weighted by molar-refractivity contribution is -0.154. The summed E-state index contributed by atoms with van der Waals surface area (Å²) in [5.74, 6) is -0.711. The molecule has 0 N–H and O–H groups in total. The minimum absolute atomic E-state index is 0.00125. The summed E-state index contributed by atoms with van der Waals surface area (Å²) in [6.07, 6.45) is 0.456. The molecule has 0 aliphatic carbocycles. The number of cyclic esters (lactones) is 1. The van der Waals surface area contributed by atoms with Gasteiger partial charge in [-0.05, 0) is 6.92 Å². The Balaban J connectivity index is 2.67. The minimum Gasteiger partial charge on any atom is -0.473 e. The van der Waals surface area contributed by atoms with Crippen LogP contribution in [0.15, 0.2) is 12.3 Å². The molecule has 4 nitrogen and oxygen atoms in total. The van der Waals surface area contributed by atoms with Gasteiger partial charge in [0.1, 0.15) is 0 Å². The summed E-state index contributed by atoms with van der Waals surface area (Å²) in [6, 6.07) is 0. The van der Waals surface area contributed by atoms with Crippen molar-refractivity contribution in [1.29, 1.82) is 0 Å². The monoisotopic (exact) mass is 184 g/mol. The van der Waals surface area contributed by atoms with E-state index in [-0.39, 0.29) is 11.5 Å². The van der Waals surface area contributed by atoms with Gasteiger partial charge in [0.25, 0.3) is 0 Å². The predicted octanol–water partition coefficient (Wildman–Crippen LogP) is 0.811. The molecule has 1 rings (SSSR count). The number of hydrogen-bond donors (Lipinski definition) is 0. The highest BCUT2D eigenvalue weighted by Crippen LogP contribution is 2.26. The van der Waals surface area contributed by atoms with E-state index in [2.05, 4.69) is 6.58 Å². The fraction of sp³-hybridized carbons (Fsp3) is 0.556. The van der Waals surface area contributed by atoms with Gasteiger partial charge in [0.15, 0.2) is 11.5 Å². The van der Waals surface area contributed by atoms with E-state index >= 15 is 0 Å². The molecule has 0 aromatic heterocycles. The van der Waals surface area contributed by atoms with Gasteiger partial charge in [0.05, 0.1) is 6.61 Å². The Labute approximate surface area is 76.5 Å². The van der Waals surface area contributed by atoms with Crippen LogP contribution in [0.4, 0.5) is 0 Å². The van der Waals surface area contributed by atoms with Crippen molar-refractivity contribution in [2.75, 3.05) is 6.61 Å². The molecule has 1 atom stereocenters. The van der Waals surface area contributed by atoms with Crippen molar-refractivity contribution in [2.24, 2.45) is 0 Å². The highest BCUT2D eigenvalue weighted by molar-refractivity contribution is 5.91. The van der Waals surface area contributed by atoms with Crippen LogP contribution >= 0.6 is 0 Å². The lowest BCUT2D eigenvalue weighted by Gasteiger charge is -2.21. The highest BCUT2D eigenvalue weighted by atomic mass is 16.6. The van der Waals surface area contributed by atoms with Crippen LogP contribution in [0.25, 0.3) is 0 Å². The Morgan fingerprint density at radius 1 is 1.69 bits per heavy atom. The van der Waals surface area contributed by atoms with Crippen LogP contribution in [0.1, 0.15) is 20.3 Å². The number of esters is 1. The number of ether oxygens (including phenoxy) is 2. The highest BCUT2D eigenvalue weighted by Gasteiger charge is 2.43. The quantitative estimate of drug-likeness (QED) is 0.370. The van der Waals surface area contributed by atoms with Crippen molar-refractivity contribution in [3.8, 4) is 0 Å². The van der Waals surface area contributed by atoms with Crippen LogP contribution in [0.3, 0.4) is 0 Å². The van der Waals surface area contributed by atoms with E-state index in [9.17, 15) is 9.59 Å². The molecular weight excluding hydrogens is 172 g/mol. The molecule has 0 radical (unpaired) electrons. The molecule has 1 aliphatic heterocycles. The smallest absolute Gasteiger partial charge is 0.350 e. The van der Waals surface area contributed by atoms with Gasteiger partial charge in [-0.2, -0.15) is 0 Å². The molecule has 1 unspecified atom stereocenters. The largest absolute Gasteiger partial charge is 0.473 e. The first-order chi connectivity index (χ1) is 5.96. The van der Waals surface area contributed by atoms with E-state index in [0.29, 0.717) is 13.0 Å². The summed E-state index contributed by atoms with van der Waals surface area (Å²) >= 11 is 0. The van der Waals surface area contributed by atoms with Gasteiger partial charge in [-0.25, -0.2) is 4.79 Å². The summed E-state index contributed by atoms with van der Waals surface area (Å²) in [4.78, 5) is 22.0. The Bertz CT molecular complexity index is 269. The number of ketones is 1.